The molecule has 3 N–H and O–H groups in total. The summed E-state index contributed by atoms with van der Waals surface area (Å²) in [6.07, 6.45) is 0.701. The van der Waals surface area contributed by atoms with Crippen LogP contribution in [0.2, 0.25) is 0 Å². The highest BCUT2D eigenvalue weighted by atomic mass is 79.9. The third-order valence-corrected chi connectivity index (χ3v) is 3.49. The van der Waals surface area contributed by atoms with E-state index in [9.17, 15) is 14.9 Å². The summed E-state index contributed by atoms with van der Waals surface area (Å²) in [6, 6.07) is 4.21. The molecule has 7 heteroatoms. The lowest BCUT2D eigenvalue weighted by Gasteiger charge is -2.17. The summed E-state index contributed by atoms with van der Waals surface area (Å²) in [5, 5.41) is 13.4. The van der Waals surface area contributed by atoms with E-state index in [-0.39, 0.29) is 24.1 Å². The topological polar surface area (TPSA) is 98.3 Å². The Morgan fingerprint density at radius 3 is 2.60 bits per heavy atom. The fraction of sp³-hybridized carbons (Fsp3) is 0.462. The number of anilines is 1. The molecule has 1 amide bonds. The lowest BCUT2D eigenvalue weighted by atomic mass is 9.96. The maximum absolute atomic E-state index is 12.1. The quantitative estimate of drug-likeness (QED) is 0.612. The van der Waals surface area contributed by atoms with Gasteiger partial charge in [-0.2, -0.15) is 0 Å². The molecule has 0 aromatic heterocycles. The zero-order valence-corrected chi connectivity index (χ0v) is 13.0. The minimum Gasteiger partial charge on any atom is -0.330 e. The van der Waals surface area contributed by atoms with Gasteiger partial charge in [0.2, 0.25) is 5.91 Å². The number of benzene rings is 1. The molecule has 0 bridgehead atoms. The minimum atomic E-state index is -0.488. The zero-order valence-electron chi connectivity index (χ0n) is 11.4. The van der Waals surface area contributed by atoms with Crippen molar-refractivity contribution in [3.8, 4) is 0 Å². The number of nitro benzene ring substituents is 1. The van der Waals surface area contributed by atoms with Crippen molar-refractivity contribution in [3.63, 3.8) is 0 Å². The maximum Gasteiger partial charge on any atom is 0.270 e. The highest BCUT2D eigenvalue weighted by molar-refractivity contribution is 9.10. The van der Waals surface area contributed by atoms with Gasteiger partial charge in [0.1, 0.15) is 0 Å². The first-order valence-electron chi connectivity index (χ1n) is 6.30. The molecule has 0 saturated carbocycles. The Morgan fingerprint density at radius 1 is 1.50 bits per heavy atom. The van der Waals surface area contributed by atoms with Gasteiger partial charge in [0.25, 0.3) is 5.69 Å². The average molecular weight is 344 g/mol. The Hall–Kier alpha value is -1.47. The van der Waals surface area contributed by atoms with Crippen LogP contribution in [0.5, 0.6) is 0 Å². The van der Waals surface area contributed by atoms with Crippen LogP contribution in [0.3, 0.4) is 0 Å². The molecule has 1 aromatic carbocycles. The zero-order chi connectivity index (χ0) is 15.3. The van der Waals surface area contributed by atoms with E-state index in [2.05, 4.69) is 21.2 Å². The molecule has 0 heterocycles. The lowest BCUT2D eigenvalue weighted by Crippen LogP contribution is -2.30. The third-order valence-electron chi connectivity index (χ3n) is 2.83. The SMILES string of the molecule is CC(C)CC(CN)C(=O)Nc1ccc([N+](=O)[O-])cc1Br. The number of non-ortho nitro benzene ring substituents is 1. The molecule has 1 atom stereocenters. The molecule has 0 aliphatic heterocycles. The van der Waals surface area contributed by atoms with E-state index in [4.69, 9.17) is 5.73 Å². The molecule has 20 heavy (non-hydrogen) atoms. The van der Waals surface area contributed by atoms with Gasteiger partial charge in [0.05, 0.1) is 16.5 Å². The number of carbonyl (C=O) groups is 1. The van der Waals surface area contributed by atoms with Gasteiger partial charge in [0, 0.05) is 23.2 Å². The molecule has 1 aromatic rings. The van der Waals surface area contributed by atoms with Gasteiger partial charge in [-0.25, -0.2) is 0 Å². The van der Waals surface area contributed by atoms with Gasteiger partial charge in [-0.05, 0) is 34.3 Å². The second kappa shape index (κ2) is 7.35. The summed E-state index contributed by atoms with van der Waals surface area (Å²) >= 11 is 3.22. The van der Waals surface area contributed by atoms with Crippen molar-refractivity contribution in [1.82, 2.24) is 0 Å². The van der Waals surface area contributed by atoms with Crippen LogP contribution in [0.15, 0.2) is 22.7 Å². The summed E-state index contributed by atoms with van der Waals surface area (Å²) in [6.45, 7) is 4.32. The summed E-state index contributed by atoms with van der Waals surface area (Å²) in [7, 11) is 0. The molecular formula is C13H18BrN3O3. The van der Waals surface area contributed by atoms with E-state index < -0.39 is 4.92 Å². The van der Waals surface area contributed by atoms with Crippen molar-refractivity contribution < 1.29 is 9.72 Å². The van der Waals surface area contributed by atoms with Crippen molar-refractivity contribution in [2.75, 3.05) is 11.9 Å². The van der Waals surface area contributed by atoms with Crippen molar-refractivity contribution in [2.45, 2.75) is 20.3 Å². The highest BCUT2D eigenvalue weighted by Gasteiger charge is 2.19. The number of nitrogens with two attached hydrogens (primary N) is 1. The molecule has 0 aliphatic rings. The minimum absolute atomic E-state index is 0.0348. The van der Waals surface area contributed by atoms with Gasteiger partial charge in [-0.15, -0.1) is 0 Å². The standard InChI is InChI=1S/C13H18BrN3O3/c1-8(2)5-9(7-15)13(18)16-12-4-3-10(17(19)20)6-11(12)14/h3-4,6,8-9H,5,7,15H2,1-2H3,(H,16,18). The number of nitro groups is 1. The van der Waals surface area contributed by atoms with E-state index in [1.165, 1.54) is 18.2 Å². The van der Waals surface area contributed by atoms with Crippen molar-refractivity contribution in [3.05, 3.63) is 32.8 Å². The van der Waals surface area contributed by atoms with Gasteiger partial charge < -0.3 is 11.1 Å². The van der Waals surface area contributed by atoms with Crippen LogP contribution in [-0.2, 0) is 4.79 Å². The Labute approximate surface area is 126 Å². The predicted octanol–water partition coefficient (Wildman–Crippen LogP) is 2.92. The first kappa shape index (κ1) is 16.6. The van der Waals surface area contributed by atoms with E-state index >= 15 is 0 Å². The number of carbonyl (C=O) groups excluding carboxylic acids is 1. The maximum atomic E-state index is 12.1. The van der Waals surface area contributed by atoms with Crippen LogP contribution < -0.4 is 11.1 Å². The van der Waals surface area contributed by atoms with E-state index in [0.717, 1.165) is 0 Å². The summed E-state index contributed by atoms with van der Waals surface area (Å²) < 4.78 is 0.473. The predicted molar refractivity (Wildman–Crippen MR) is 81.4 cm³/mol. The molecule has 110 valence electrons. The molecule has 0 aliphatic carbocycles. The Bertz CT molecular complexity index is 506. The molecule has 1 unspecified atom stereocenters. The third kappa shape index (κ3) is 4.57. The van der Waals surface area contributed by atoms with Crippen LogP contribution in [-0.4, -0.2) is 17.4 Å². The molecule has 0 fully saturated rings. The van der Waals surface area contributed by atoms with Gasteiger partial charge in [0.15, 0.2) is 0 Å². The fourth-order valence-electron chi connectivity index (χ4n) is 1.83. The average Bonchev–Trinajstić information content (AvgIpc) is 2.37. The lowest BCUT2D eigenvalue weighted by molar-refractivity contribution is -0.384. The molecule has 0 radical (unpaired) electrons. The second-order valence-corrected chi connectivity index (χ2v) is 5.83. The smallest absolute Gasteiger partial charge is 0.270 e. The molecular weight excluding hydrogens is 326 g/mol. The first-order valence-corrected chi connectivity index (χ1v) is 7.09. The normalized spacial score (nSPS) is 12.2. The van der Waals surface area contributed by atoms with Crippen LogP contribution in [0.25, 0.3) is 0 Å². The number of hydrogen-bond donors (Lipinski definition) is 2. The number of nitrogens with zero attached hydrogens (tertiary/aromatic N) is 1. The van der Waals surface area contributed by atoms with Crippen LogP contribution >= 0.6 is 15.9 Å². The first-order chi connectivity index (χ1) is 9.35. The number of rotatable bonds is 6. The largest absolute Gasteiger partial charge is 0.330 e. The van der Waals surface area contributed by atoms with Crippen LogP contribution in [0, 0.1) is 22.0 Å². The van der Waals surface area contributed by atoms with Crippen molar-refractivity contribution in [2.24, 2.45) is 17.6 Å². The van der Waals surface area contributed by atoms with E-state index in [1.54, 1.807) is 0 Å². The molecule has 6 nitrogen and oxygen atoms in total. The van der Waals surface area contributed by atoms with Crippen LogP contribution in [0.4, 0.5) is 11.4 Å². The van der Waals surface area contributed by atoms with E-state index in [0.29, 0.717) is 22.5 Å². The molecule has 1 rings (SSSR count). The number of amides is 1. The van der Waals surface area contributed by atoms with Crippen LogP contribution in [0.1, 0.15) is 20.3 Å². The number of nitrogens with one attached hydrogen (secondary N) is 1. The summed E-state index contributed by atoms with van der Waals surface area (Å²) in [5.41, 5.74) is 6.08. The number of hydrogen-bond acceptors (Lipinski definition) is 4. The number of halogens is 1. The van der Waals surface area contributed by atoms with Crippen molar-refractivity contribution >= 4 is 33.2 Å². The Balaban J connectivity index is 2.82. The van der Waals surface area contributed by atoms with Gasteiger partial charge >= 0.3 is 0 Å². The Morgan fingerprint density at radius 2 is 2.15 bits per heavy atom. The van der Waals surface area contributed by atoms with Gasteiger partial charge in [-0.1, -0.05) is 13.8 Å². The van der Waals surface area contributed by atoms with E-state index in [1.807, 2.05) is 13.8 Å². The highest BCUT2D eigenvalue weighted by Crippen LogP contribution is 2.27. The monoisotopic (exact) mass is 343 g/mol. The van der Waals surface area contributed by atoms with Gasteiger partial charge in [-0.3, -0.25) is 14.9 Å². The Kier molecular flexibility index (Phi) is 6.09. The van der Waals surface area contributed by atoms with Crippen molar-refractivity contribution in [1.29, 1.82) is 0 Å². The summed E-state index contributed by atoms with van der Waals surface area (Å²) in [5.74, 6) is -0.0672. The second-order valence-electron chi connectivity index (χ2n) is 4.97. The summed E-state index contributed by atoms with van der Waals surface area (Å²) in [4.78, 5) is 22.3. The molecule has 0 spiro atoms. The molecule has 0 saturated heterocycles. The fourth-order valence-corrected chi connectivity index (χ4v) is 2.30.